The summed E-state index contributed by atoms with van der Waals surface area (Å²) in [5, 5.41) is 3.12. The number of ether oxygens (including phenoxy) is 1. The largest absolute Gasteiger partial charge is 0.379 e. The second kappa shape index (κ2) is 9.04. The molecule has 0 saturated carbocycles. The van der Waals surface area contributed by atoms with Crippen LogP contribution in [0.1, 0.15) is 31.4 Å². The van der Waals surface area contributed by atoms with Gasteiger partial charge in [0.15, 0.2) is 0 Å². The van der Waals surface area contributed by atoms with E-state index < -0.39 is 0 Å². The molecular formula is C19H30N2O2. The van der Waals surface area contributed by atoms with Gasteiger partial charge in [-0.2, -0.15) is 0 Å². The summed E-state index contributed by atoms with van der Waals surface area (Å²) in [5.41, 5.74) is 2.48. The van der Waals surface area contributed by atoms with E-state index in [9.17, 15) is 4.79 Å². The third kappa shape index (κ3) is 5.96. The molecule has 0 aromatic heterocycles. The molecule has 0 radical (unpaired) electrons. The zero-order valence-corrected chi connectivity index (χ0v) is 14.7. The molecule has 0 bridgehead atoms. The molecule has 0 spiro atoms. The molecule has 1 saturated heterocycles. The fourth-order valence-electron chi connectivity index (χ4n) is 3.13. The number of nitrogens with zero attached hydrogens (tertiary/aromatic N) is 1. The Bertz CT molecular complexity index is 496. The van der Waals surface area contributed by atoms with Crippen molar-refractivity contribution in [3.63, 3.8) is 0 Å². The van der Waals surface area contributed by atoms with Crippen LogP contribution in [0.5, 0.6) is 0 Å². The normalized spacial score (nSPS) is 17.2. The molecule has 1 aromatic rings. The number of carbonyl (C=O) groups is 1. The molecule has 1 aliphatic rings. The van der Waals surface area contributed by atoms with Crippen LogP contribution in [0.2, 0.25) is 0 Å². The maximum absolute atomic E-state index is 12.2. The molecule has 1 N–H and O–H groups in total. The van der Waals surface area contributed by atoms with Gasteiger partial charge in [0.2, 0.25) is 5.91 Å². The van der Waals surface area contributed by atoms with E-state index >= 15 is 0 Å². The zero-order chi connectivity index (χ0) is 16.7. The average Bonchev–Trinajstić information content (AvgIpc) is 2.54. The Labute approximate surface area is 140 Å². The van der Waals surface area contributed by atoms with Crippen LogP contribution in [0.25, 0.3) is 0 Å². The lowest BCUT2D eigenvalue weighted by molar-refractivity contribution is -0.121. The van der Waals surface area contributed by atoms with E-state index in [0.717, 1.165) is 39.3 Å². The van der Waals surface area contributed by atoms with Gasteiger partial charge in [0, 0.05) is 32.1 Å². The standard InChI is InChI=1S/C19H30N2O2/c1-15(2)18(21-9-11-23-12-10-21)14-20-19(22)8-7-17-6-4-5-16(3)13-17/h4-6,13,15,18H,7-12,14H2,1-3H3,(H,20,22). The Hall–Kier alpha value is -1.39. The van der Waals surface area contributed by atoms with E-state index in [1.54, 1.807) is 0 Å². The second-order valence-electron chi connectivity index (χ2n) is 6.75. The molecule has 4 heteroatoms. The lowest BCUT2D eigenvalue weighted by atomic mass is 10.0. The predicted molar refractivity (Wildman–Crippen MR) is 93.5 cm³/mol. The number of rotatable bonds is 7. The van der Waals surface area contributed by atoms with Crippen molar-refractivity contribution in [3.05, 3.63) is 35.4 Å². The van der Waals surface area contributed by atoms with Gasteiger partial charge in [-0.15, -0.1) is 0 Å². The molecule has 23 heavy (non-hydrogen) atoms. The topological polar surface area (TPSA) is 41.6 Å². The van der Waals surface area contributed by atoms with Gasteiger partial charge in [0.25, 0.3) is 0 Å². The first kappa shape index (κ1) is 18.0. The van der Waals surface area contributed by atoms with Gasteiger partial charge in [-0.25, -0.2) is 0 Å². The summed E-state index contributed by atoms with van der Waals surface area (Å²) in [6.07, 6.45) is 1.36. The van der Waals surface area contributed by atoms with Gasteiger partial charge in [-0.05, 0) is 24.8 Å². The highest BCUT2D eigenvalue weighted by Crippen LogP contribution is 2.12. The zero-order valence-electron chi connectivity index (χ0n) is 14.7. The molecule has 1 amide bonds. The Balaban J connectivity index is 1.77. The fraction of sp³-hybridized carbons (Fsp3) is 0.632. The van der Waals surface area contributed by atoms with Gasteiger partial charge in [-0.3, -0.25) is 9.69 Å². The van der Waals surface area contributed by atoms with E-state index in [4.69, 9.17) is 4.74 Å². The summed E-state index contributed by atoms with van der Waals surface area (Å²) in [7, 11) is 0. The maximum atomic E-state index is 12.2. The van der Waals surface area contributed by atoms with Crippen LogP contribution in [0.15, 0.2) is 24.3 Å². The second-order valence-corrected chi connectivity index (χ2v) is 6.75. The summed E-state index contributed by atoms with van der Waals surface area (Å²) >= 11 is 0. The number of morpholine rings is 1. The third-order valence-electron chi connectivity index (χ3n) is 4.52. The minimum Gasteiger partial charge on any atom is -0.379 e. The number of carbonyl (C=O) groups excluding carboxylic acids is 1. The van der Waals surface area contributed by atoms with Gasteiger partial charge >= 0.3 is 0 Å². The predicted octanol–water partition coefficient (Wildman–Crippen LogP) is 2.40. The fourth-order valence-corrected chi connectivity index (χ4v) is 3.13. The summed E-state index contributed by atoms with van der Waals surface area (Å²) in [6, 6.07) is 8.76. The lowest BCUT2D eigenvalue weighted by Crippen LogP contribution is -2.51. The number of benzene rings is 1. The monoisotopic (exact) mass is 318 g/mol. The van der Waals surface area contributed by atoms with E-state index in [-0.39, 0.29) is 5.91 Å². The van der Waals surface area contributed by atoms with Crippen LogP contribution in [0.3, 0.4) is 0 Å². The number of nitrogens with one attached hydrogen (secondary N) is 1. The van der Waals surface area contributed by atoms with Crippen LogP contribution in [-0.4, -0.2) is 49.7 Å². The number of amides is 1. The summed E-state index contributed by atoms with van der Waals surface area (Å²) in [5.74, 6) is 0.663. The van der Waals surface area contributed by atoms with Crippen LogP contribution in [-0.2, 0) is 16.0 Å². The molecule has 1 aliphatic heterocycles. The molecule has 128 valence electrons. The first-order valence-electron chi connectivity index (χ1n) is 8.70. The molecular weight excluding hydrogens is 288 g/mol. The molecule has 1 aromatic carbocycles. The molecule has 4 nitrogen and oxygen atoms in total. The highest BCUT2D eigenvalue weighted by molar-refractivity contribution is 5.76. The minimum absolute atomic E-state index is 0.144. The van der Waals surface area contributed by atoms with E-state index in [1.807, 2.05) is 0 Å². The summed E-state index contributed by atoms with van der Waals surface area (Å²) in [6.45, 7) is 10.8. The van der Waals surface area contributed by atoms with E-state index in [2.05, 4.69) is 55.3 Å². The van der Waals surface area contributed by atoms with Crippen molar-refractivity contribution >= 4 is 5.91 Å². The van der Waals surface area contributed by atoms with Crippen LogP contribution < -0.4 is 5.32 Å². The third-order valence-corrected chi connectivity index (χ3v) is 4.52. The van der Waals surface area contributed by atoms with Crippen molar-refractivity contribution < 1.29 is 9.53 Å². The molecule has 2 rings (SSSR count). The molecule has 1 atom stereocenters. The van der Waals surface area contributed by atoms with Gasteiger partial charge in [-0.1, -0.05) is 43.7 Å². The van der Waals surface area contributed by atoms with Gasteiger partial charge < -0.3 is 10.1 Å². The Morgan fingerprint density at radius 1 is 1.30 bits per heavy atom. The number of hydrogen-bond donors (Lipinski definition) is 1. The molecule has 0 aliphatic carbocycles. The first-order valence-corrected chi connectivity index (χ1v) is 8.70. The average molecular weight is 318 g/mol. The quantitative estimate of drug-likeness (QED) is 0.839. The SMILES string of the molecule is Cc1cccc(CCC(=O)NCC(C(C)C)N2CCOCC2)c1. The summed E-state index contributed by atoms with van der Waals surface area (Å²) < 4.78 is 5.42. The van der Waals surface area contributed by atoms with Crippen LogP contribution in [0.4, 0.5) is 0 Å². The van der Waals surface area contributed by atoms with Gasteiger partial charge in [0.05, 0.1) is 13.2 Å². The Kier molecular flexibility index (Phi) is 7.06. The highest BCUT2D eigenvalue weighted by atomic mass is 16.5. The Morgan fingerprint density at radius 2 is 2.04 bits per heavy atom. The van der Waals surface area contributed by atoms with Crippen molar-refractivity contribution in [2.45, 2.75) is 39.7 Å². The molecule has 1 fully saturated rings. The van der Waals surface area contributed by atoms with Crippen molar-refractivity contribution in [1.82, 2.24) is 10.2 Å². The van der Waals surface area contributed by atoms with E-state index in [0.29, 0.717) is 18.4 Å². The van der Waals surface area contributed by atoms with Crippen molar-refractivity contribution in [2.24, 2.45) is 5.92 Å². The first-order chi connectivity index (χ1) is 11.1. The maximum Gasteiger partial charge on any atom is 0.220 e. The van der Waals surface area contributed by atoms with Gasteiger partial charge in [0.1, 0.15) is 0 Å². The smallest absolute Gasteiger partial charge is 0.220 e. The minimum atomic E-state index is 0.144. The molecule has 1 heterocycles. The van der Waals surface area contributed by atoms with E-state index in [1.165, 1.54) is 11.1 Å². The highest BCUT2D eigenvalue weighted by Gasteiger charge is 2.24. The van der Waals surface area contributed by atoms with Crippen molar-refractivity contribution in [1.29, 1.82) is 0 Å². The van der Waals surface area contributed by atoms with Crippen LogP contribution >= 0.6 is 0 Å². The number of aryl methyl sites for hydroxylation is 2. The lowest BCUT2D eigenvalue weighted by Gasteiger charge is -2.36. The molecule has 1 unspecified atom stereocenters. The van der Waals surface area contributed by atoms with Crippen molar-refractivity contribution in [3.8, 4) is 0 Å². The van der Waals surface area contributed by atoms with Crippen molar-refractivity contribution in [2.75, 3.05) is 32.8 Å². The summed E-state index contributed by atoms with van der Waals surface area (Å²) in [4.78, 5) is 14.6. The Morgan fingerprint density at radius 3 is 2.70 bits per heavy atom. The van der Waals surface area contributed by atoms with Crippen LogP contribution in [0, 0.1) is 12.8 Å². The number of hydrogen-bond acceptors (Lipinski definition) is 3.